The fourth-order valence-corrected chi connectivity index (χ4v) is 0.611. The Kier molecular flexibility index (Phi) is 2.01. The van der Waals surface area contributed by atoms with E-state index >= 15 is 0 Å². The number of H-pyrrole nitrogens is 1. The number of nitrogens with zero attached hydrogens (tertiary/aromatic N) is 1. The summed E-state index contributed by atoms with van der Waals surface area (Å²) in [5.41, 5.74) is 2.84. The first kappa shape index (κ1) is 6.76. The van der Waals surface area contributed by atoms with Crippen LogP contribution in [0.25, 0.3) is 0 Å². The minimum Gasteiger partial charge on any atom is -0.294 e. The number of rotatable bonds is 2. The van der Waals surface area contributed by atoms with Crippen LogP contribution in [0.2, 0.25) is 0 Å². The number of hydrogen-bond acceptors (Lipinski definition) is 3. The topological polar surface area (TPSA) is 83.8 Å². The van der Waals surface area contributed by atoms with Crippen LogP contribution in [-0.2, 0) is 11.2 Å². The van der Waals surface area contributed by atoms with Gasteiger partial charge in [0, 0.05) is 6.20 Å². The van der Waals surface area contributed by atoms with Gasteiger partial charge in [0.05, 0.1) is 12.6 Å². The van der Waals surface area contributed by atoms with Gasteiger partial charge in [-0.05, 0) is 5.56 Å². The molecule has 0 spiro atoms. The lowest BCUT2D eigenvalue weighted by Gasteiger charge is -1.93. The standard InChI is InChI=1S/C5H8N4O/c6-9-5(10)1-4-2-7-8-3-4/h2-3H,1,6H2,(H,7,8)(H,9,10). The molecule has 0 aliphatic rings. The minimum atomic E-state index is -0.221. The fraction of sp³-hybridized carbons (Fsp3) is 0.200. The van der Waals surface area contributed by atoms with Gasteiger partial charge in [0.2, 0.25) is 5.91 Å². The van der Waals surface area contributed by atoms with E-state index < -0.39 is 0 Å². The van der Waals surface area contributed by atoms with Gasteiger partial charge in [-0.15, -0.1) is 0 Å². The lowest BCUT2D eigenvalue weighted by Crippen LogP contribution is -2.31. The number of aromatic nitrogens is 2. The second kappa shape index (κ2) is 2.98. The third kappa shape index (κ3) is 1.56. The van der Waals surface area contributed by atoms with E-state index in [0.717, 1.165) is 5.56 Å². The third-order valence-electron chi connectivity index (χ3n) is 1.08. The zero-order valence-electron chi connectivity index (χ0n) is 5.29. The number of aromatic amines is 1. The molecule has 0 radical (unpaired) electrons. The van der Waals surface area contributed by atoms with E-state index in [9.17, 15) is 4.79 Å². The van der Waals surface area contributed by atoms with Gasteiger partial charge < -0.3 is 0 Å². The second-order valence-corrected chi connectivity index (χ2v) is 1.85. The van der Waals surface area contributed by atoms with Crippen LogP contribution < -0.4 is 11.3 Å². The van der Waals surface area contributed by atoms with Crippen LogP contribution >= 0.6 is 0 Å². The van der Waals surface area contributed by atoms with E-state index in [1.807, 2.05) is 5.43 Å². The molecule has 5 heteroatoms. The molecule has 0 aromatic carbocycles. The number of nitrogens with two attached hydrogens (primary N) is 1. The molecule has 1 rings (SSSR count). The Hall–Kier alpha value is -1.36. The summed E-state index contributed by atoms with van der Waals surface area (Å²) in [6.07, 6.45) is 3.50. The monoisotopic (exact) mass is 140 g/mol. The number of hydrazine groups is 1. The van der Waals surface area contributed by atoms with E-state index in [1.165, 1.54) is 0 Å². The van der Waals surface area contributed by atoms with E-state index in [4.69, 9.17) is 5.84 Å². The fourth-order valence-electron chi connectivity index (χ4n) is 0.611. The van der Waals surface area contributed by atoms with Crippen molar-refractivity contribution in [2.24, 2.45) is 5.84 Å². The Labute approximate surface area is 57.6 Å². The van der Waals surface area contributed by atoms with Crippen molar-refractivity contribution in [3.8, 4) is 0 Å². The highest BCUT2D eigenvalue weighted by atomic mass is 16.2. The van der Waals surface area contributed by atoms with Crippen molar-refractivity contribution in [3.63, 3.8) is 0 Å². The Morgan fingerprint density at radius 3 is 3.20 bits per heavy atom. The summed E-state index contributed by atoms with van der Waals surface area (Å²) in [4.78, 5) is 10.6. The largest absolute Gasteiger partial charge is 0.294 e. The highest BCUT2D eigenvalue weighted by Gasteiger charge is 1.99. The predicted molar refractivity (Wildman–Crippen MR) is 34.6 cm³/mol. The quantitative estimate of drug-likeness (QED) is 0.278. The highest BCUT2D eigenvalue weighted by Crippen LogP contribution is 1.93. The maximum atomic E-state index is 10.6. The van der Waals surface area contributed by atoms with Crippen LogP contribution in [0.15, 0.2) is 12.4 Å². The smallest absolute Gasteiger partial charge is 0.238 e. The van der Waals surface area contributed by atoms with E-state index in [0.29, 0.717) is 0 Å². The molecule has 0 unspecified atom stereocenters. The van der Waals surface area contributed by atoms with Crippen molar-refractivity contribution in [2.75, 3.05) is 0 Å². The van der Waals surface area contributed by atoms with Crippen molar-refractivity contribution >= 4 is 5.91 Å². The number of carbonyl (C=O) groups excluding carboxylic acids is 1. The van der Waals surface area contributed by atoms with Gasteiger partial charge in [-0.25, -0.2) is 5.84 Å². The summed E-state index contributed by atoms with van der Waals surface area (Å²) in [5, 5.41) is 6.25. The van der Waals surface area contributed by atoms with Gasteiger partial charge in [-0.2, -0.15) is 5.10 Å². The van der Waals surface area contributed by atoms with Crippen molar-refractivity contribution in [3.05, 3.63) is 18.0 Å². The van der Waals surface area contributed by atoms with Gasteiger partial charge >= 0.3 is 0 Å². The lowest BCUT2D eigenvalue weighted by atomic mass is 10.2. The van der Waals surface area contributed by atoms with Crippen molar-refractivity contribution in [1.82, 2.24) is 15.6 Å². The SMILES string of the molecule is NNC(=O)Cc1cn[nH]c1. The third-order valence-corrected chi connectivity index (χ3v) is 1.08. The molecule has 0 bridgehead atoms. The zero-order valence-corrected chi connectivity index (χ0v) is 5.29. The molecule has 1 heterocycles. The molecule has 5 nitrogen and oxygen atoms in total. The van der Waals surface area contributed by atoms with E-state index in [1.54, 1.807) is 12.4 Å². The molecule has 1 aromatic rings. The molecule has 10 heavy (non-hydrogen) atoms. The first-order valence-corrected chi connectivity index (χ1v) is 2.80. The molecule has 0 aliphatic carbocycles. The van der Waals surface area contributed by atoms with Crippen LogP contribution in [0, 0.1) is 0 Å². The van der Waals surface area contributed by atoms with Crippen LogP contribution in [0.1, 0.15) is 5.56 Å². The normalized spacial score (nSPS) is 9.30. The van der Waals surface area contributed by atoms with E-state index in [2.05, 4.69) is 10.2 Å². The Balaban J connectivity index is 2.48. The number of nitrogens with one attached hydrogen (secondary N) is 2. The molecule has 0 saturated heterocycles. The van der Waals surface area contributed by atoms with Gasteiger partial charge in [0.25, 0.3) is 0 Å². The molecular formula is C5H8N4O. The van der Waals surface area contributed by atoms with Crippen LogP contribution in [0.5, 0.6) is 0 Å². The van der Waals surface area contributed by atoms with Crippen molar-refractivity contribution in [1.29, 1.82) is 0 Å². The van der Waals surface area contributed by atoms with Gasteiger partial charge in [-0.1, -0.05) is 0 Å². The number of carbonyl (C=O) groups is 1. The summed E-state index contributed by atoms with van der Waals surface area (Å²) in [5.74, 6) is 4.64. The zero-order chi connectivity index (χ0) is 7.40. The molecule has 0 fully saturated rings. The second-order valence-electron chi connectivity index (χ2n) is 1.85. The molecule has 54 valence electrons. The molecule has 4 N–H and O–H groups in total. The summed E-state index contributed by atoms with van der Waals surface area (Å²) in [6, 6.07) is 0. The Morgan fingerprint density at radius 2 is 2.70 bits per heavy atom. The van der Waals surface area contributed by atoms with Gasteiger partial charge in [-0.3, -0.25) is 15.3 Å². The van der Waals surface area contributed by atoms with Crippen molar-refractivity contribution in [2.45, 2.75) is 6.42 Å². The first-order chi connectivity index (χ1) is 4.83. The van der Waals surface area contributed by atoms with Gasteiger partial charge in [0.15, 0.2) is 0 Å². The average molecular weight is 140 g/mol. The Morgan fingerprint density at radius 1 is 1.90 bits per heavy atom. The van der Waals surface area contributed by atoms with Crippen LogP contribution in [0.3, 0.4) is 0 Å². The molecule has 0 aliphatic heterocycles. The Bertz CT molecular complexity index is 205. The minimum absolute atomic E-state index is 0.221. The molecule has 0 atom stereocenters. The number of amides is 1. The molecule has 1 aromatic heterocycles. The molecule has 0 saturated carbocycles. The maximum Gasteiger partial charge on any atom is 0.238 e. The summed E-state index contributed by atoms with van der Waals surface area (Å²) >= 11 is 0. The highest BCUT2D eigenvalue weighted by molar-refractivity contribution is 5.77. The average Bonchev–Trinajstić information content (AvgIpc) is 2.40. The lowest BCUT2D eigenvalue weighted by molar-refractivity contribution is -0.120. The van der Waals surface area contributed by atoms with Gasteiger partial charge in [0.1, 0.15) is 0 Å². The molecule has 1 amide bonds. The summed E-state index contributed by atoms with van der Waals surface area (Å²) in [7, 11) is 0. The summed E-state index contributed by atoms with van der Waals surface area (Å²) in [6.45, 7) is 0. The van der Waals surface area contributed by atoms with E-state index in [-0.39, 0.29) is 12.3 Å². The maximum absolute atomic E-state index is 10.6. The predicted octanol–water partition coefficient (Wildman–Crippen LogP) is -1.06. The summed E-state index contributed by atoms with van der Waals surface area (Å²) < 4.78 is 0. The van der Waals surface area contributed by atoms with Crippen LogP contribution in [0.4, 0.5) is 0 Å². The first-order valence-electron chi connectivity index (χ1n) is 2.80. The van der Waals surface area contributed by atoms with Crippen LogP contribution in [-0.4, -0.2) is 16.1 Å². The van der Waals surface area contributed by atoms with Crippen molar-refractivity contribution < 1.29 is 4.79 Å². The number of hydrogen-bond donors (Lipinski definition) is 3. The molecular weight excluding hydrogens is 132 g/mol.